The zero-order chi connectivity index (χ0) is 18.9. The van der Waals surface area contributed by atoms with Crippen LogP contribution in [-0.2, 0) is 17.9 Å². The molecule has 0 saturated heterocycles. The summed E-state index contributed by atoms with van der Waals surface area (Å²) >= 11 is 0. The van der Waals surface area contributed by atoms with Gasteiger partial charge in [-0.15, -0.1) is 16.8 Å². The van der Waals surface area contributed by atoms with E-state index in [9.17, 15) is 4.79 Å². The Labute approximate surface area is 159 Å². The van der Waals surface area contributed by atoms with Gasteiger partial charge in [-0.1, -0.05) is 66.7 Å². The smallest absolute Gasteiger partial charge is 0.223 e. The summed E-state index contributed by atoms with van der Waals surface area (Å²) in [6.07, 6.45) is 2.85. The van der Waals surface area contributed by atoms with Crippen LogP contribution in [0.25, 0.3) is 11.4 Å². The zero-order valence-electron chi connectivity index (χ0n) is 15.2. The SMILES string of the molecule is C=CCN(Cc1ccccc1)C(=O)CCCn1nnc(-c2ccccc2)n1. The van der Waals surface area contributed by atoms with Crippen molar-refractivity contribution in [2.75, 3.05) is 6.54 Å². The second kappa shape index (κ2) is 9.43. The van der Waals surface area contributed by atoms with Crippen molar-refractivity contribution >= 4 is 5.91 Å². The van der Waals surface area contributed by atoms with Crippen LogP contribution in [0.1, 0.15) is 18.4 Å². The Balaban J connectivity index is 1.52. The number of amides is 1. The monoisotopic (exact) mass is 361 g/mol. The summed E-state index contributed by atoms with van der Waals surface area (Å²) in [7, 11) is 0. The van der Waals surface area contributed by atoms with Crippen LogP contribution < -0.4 is 0 Å². The van der Waals surface area contributed by atoms with Crippen LogP contribution in [0.2, 0.25) is 0 Å². The number of carbonyl (C=O) groups excluding carboxylic acids is 1. The quantitative estimate of drug-likeness (QED) is 0.548. The number of rotatable bonds is 9. The predicted molar refractivity (Wildman–Crippen MR) is 105 cm³/mol. The Morgan fingerprint density at radius 2 is 1.78 bits per heavy atom. The molecule has 0 radical (unpaired) electrons. The maximum Gasteiger partial charge on any atom is 0.223 e. The van der Waals surface area contributed by atoms with Gasteiger partial charge in [-0.3, -0.25) is 4.79 Å². The maximum atomic E-state index is 12.6. The van der Waals surface area contributed by atoms with E-state index in [0.717, 1.165) is 11.1 Å². The van der Waals surface area contributed by atoms with Gasteiger partial charge in [0.05, 0.1) is 6.54 Å². The number of hydrogen-bond donors (Lipinski definition) is 0. The van der Waals surface area contributed by atoms with E-state index in [0.29, 0.717) is 38.3 Å². The van der Waals surface area contributed by atoms with Crippen LogP contribution in [0.15, 0.2) is 73.3 Å². The summed E-state index contributed by atoms with van der Waals surface area (Å²) in [5.74, 6) is 0.696. The van der Waals surface area contributed by atoms with Gasteiger partial charge in [0.2, 0.25) is 11.7 Å². The molecule has 0 unspecified atom stereocenters. The summed E-state index contributed by atoms with van der Waals surface area (Å²) in [6, 6.07) is 19.7. The van der Waals surface area contributed by atoms with Crippen molar-refractivity contribution in [2.24, 2.45) is 0 Å². The Morgan fingerprint density at radius 3 is 2.48 bits per heavy atom. The van der Waals surface area contributed by atoms with Gasteiger partial charge < -0.3 is 4.90 Å². The van der Waals surface area contributed by atoms with Crippen LogP contribution in [0.4, 0.5) is 0 Å². The number of benzene rings is 2. The number of nitrogens with zero attached hydrogens (tertiary/aromatic N) is 5. The fourth-order valence-corrected chi connectivity index (χ4v) is 2.78. The third-order valence-electron chi connectivity index (χ3n) is 4.15. The minimum Gasteiger partial charge on any atom is -0.335 e. The van der Waals surface area contributed by atoms with Gasteiger partial charge in [-0.05, 0) is 17.2 Å². The van der Waals surface area contributed by atoms with Gasteiger partial charge in [-0.25, -0.2) is 0 Å². The molecule has 0 saturated carbocycles. The molecule has 0 atom stereocenters. The number of tetrazole rings is 1. The molecular weight excluding hydrogens is 338 g/mol. The first kappa shape index (κ1) is 18.5. The second-order valence-electron chi connectivity index (χ2n) is 6.23. The van der Waals surface area contributed by atoms with Crippen molar-refractivity contribution in [3.63, 3.8) is 0 Å². The fraction of sp³-hybridized carbons (Fsp3) is 0.238. The van der Waals surface area contributed by atoms with E-state index in [2.05, 4.69) is 22.0 Å². The largest absolute Gasteiger partial charge is 0.335 e. The Hall–Kier alpha value is -3.28. The zero-order valence-corrected chi connectivity index (χ0v) is 15.2. The molecule has 0 N–H and O–H groups in total. The number of carbonyl (C=O) groups is 1. The molecule has 0 fully saturated rings. The summed E-state index contributed by atoms with van der Waals surface area (Å²) in [5.41, 5.74) is 2.04. The molecule has 0 aliphatic heterocycles. The lowest BCUT2D eigenvalue weighted by Crippen LogP contribution is -2.30. The summed E-state index contributed by atoms with van der Waals surface area (Å²) in [4.78, 5) is 15.9. The lowest BCUT2D eigenvalue weighted by atomic mass is 10.2. The lowest BCUT2D eigenvalue weighted by Gasteiger charge is -2.21. The van der Waals surface area contributed by atoms with Gasteiger partial charge in [0.25, 0.3) is 0 Å². The van der Waals surface area contributed by atoms with Crippen molar-refractivity contribution < 1.29 is 4.79 Å². The van der Waals surface area contributed by atoms with Gasteiger partial charge in [0.15, 0.2) is 0 Å². The highest BCUT2D eigenvalue weighted by atomic mass is 16.2. The summed E-state index contributed by atoms with van der Waals surface area (Å²) in [5, 5.41) is 12.5. The van der Waals surface area contributed by atoms with Gasteiger partial charge in [-0.2, -0.15) is 4.80 Å². The standard InChI is InChI=1S/C21H23N5O/c1-2-15-25(17-18-10-5-3-6-11-18)20(27)14-9-16-26-23-21(22-24-26)19-12-7-4-8-13-19/h2-8,10-13H,1,9,14-17H2. The molecule has 1 heterocycles. The maximum absolute atomic E-state index is 12.6. The Kier molecular flexibility index (Phi) is 6.46. The Bertz CT molecular complexity index is 861. The third-order valence-corrected chi connectivity index (χ3v) is 4.15. The molecule has 0 aliphatic carbocycles. The normalized spacial score (nSPS) is 10.5. The van der Waals surface area contributed by atoms with Crippen molar-refractivity contribution in [3.05, 3.63) is 78.9 Å². The summed E-state index contributed by atoms with van der Waals surface area (Å²) < 4.78 is 0. The third kappa shape index (κ3) is 5.34. The van der Waals surface area contributed by atoms with Crippen LogP contribution in [0.3, 0.4) is 0 Å². The molecule has 138 valence electrons. The topological polar surface area (TPSA) is 63.9 Å². The first-order valence-electron chi connectivity index (χ1n) is 9.02. The minimum absolute atomic E-state index is 0.0992. The van der Waals surface area contributed by atoms with Gasteiger partial charge >= 0.3 is 0 Å². The molecule has 0 spiro atoms. The van der Waals surface area contributed by atoms with Crippen LogP contribution >= 0.6 is 0 Å². The van der Waals surface area contributed by atoms with Crippen LogP contribution in [-0.4, -0.2) is 37.6 Å². The van der Waals surface area contributed by atoms with Crippen molar-refractivity contribution in [2.45, 2.75) is 25.9 Å². The molecule has 1 amide bonds. The van der Waals surface area contributed by atoms with Crippen LogP contribution in [0.5, 0.6) is 0 Å². The molecule has 6 nitrogen and oxygen atoms in total. The van der Waals surface area contributed by atoms with E-state index in [1.165, 1.54) is 0 Å². The fourth-order valence-electron chi connectivity index (χ4n) is 2.78. The van der Waals surface area contributed by atoms with E-state index < -0.39 is 0 Å². The highest BCUT2D eigenvalue weighted by molar-refractivity contribution is 5.76. The average molecular weight is 361 g/mol. The molecular formula is C21H23N5O. The van der Waals surface area contributed by atoms with E-state index >= 15 is 0 Å². The van der Waals surface area contributed by atoms with E-state index in [4.69, 9.17) is 0 Å². The van der Waals surface area contributed by atoms with Crippen molar-refractivity contribution in [1.29, 1.82) is 0 Å². The molecule has 1 aromatic heterocycles. The summed E-state index contributed by atoms with van der Waals surface area (Å²) in [6.45, 7) is 5.44. The number of aryl methyl sites for hydroxylation is 1. The Morgan fingerprint density at radius 1 is 1.07 bits per heavy atom. The highest BCUT2D eigenvalue weighted by Gasteiger charge is 2.13. The first-order valence-corrected chi connectivity index (χ1v) is 9.02. The van der Waals surface area contributed by atoms with Crippen molar-refractivity contribution in [1.82, 2.24) is 25.1 Å². The van der Waals surface area contributed by atoms with E-state index in [1.54, 1.807) is 10.9 Å². The van der Waals surface area contributed by atoms with Crippen LogP contribution in [0, 0.1) is 0 Å². The molecule has 2 aromatic carbocycles. The molecule has 3 aromatic rings. The first-order chi connectivity index (χ1) is 13.3. The van der Waals surface area contributed by atoms with E-state index in [-0.39, 0.29) is 5.91 Å². The van der Waals surface area contributed by atoms with E-state index in [1.807, 2.05) is 65.6 Å². The lowest BCUT2D eigenvalue weighted by molar-refractivity contribution is -0.131. The average Bonchev–Trinajstić information content (AvgIpc) is 3.18. The molecule has 6 heteroatoms. The molecule has 27 heavy (non-hydrogen) atoms. The molecule has 3 rings (SSSR count). The molecule has 0 aliphatic rings. The number of hydrogen-bond acceptors (Lipinski definition) is 4. The van der Waals surface area contributed by atoms with Gasteiger partial charge in [0, 0.05) is 25.1 Å². The molecule has 0 bridgehead atoms. The van der Waals surface area contributed by atoms with Crippen molar-refractivity contribution in [3.8, 4) is 11.4 Å². The van der Waals surface area contributed by atoms with Gasteiger partial charge in [0.1, 0.15) is 0 Å². The second-order valence-corrected chi connectivity index (χ2v) is 6.23. The predicted octanol–water partition coefficient (Wildman–Crippen LogP) is 3.34. The number of aromatic nitrogens is 4. The highest BCUT2D eigenvalue weighted by Crippen LogP contribution is 2.12. The minimum atomic E-state index is 0.0992.